The van der Waals surface area contributed by atoms with E-state index in [-0.39, 0.29) is 12.1 Å². The fraction of sp³-hybridized carbons (Fsp3) is 0.941. The van der Waals surface area contributed by atoms with Crippen molar-refractivity contribution in [2.75, 3.05) is 24.6 Å². The molecule has 1 N–H and O–H groups in total. The summed E-state index contributed by atoms with van der Waals surface area (Å²) in [7, 11) is 0. The Kier molecular flexibility index (Phi) is 7.06. The first-order chi connectivity index (χ1) is 10.0. The molecule has 0 spiro atoms. The minimum atomic E-state index is -0.443. The number of hydrogen-bond acceptors (Lipinski definition) is 4. The second kappa shape index (κ2) is 7.91. The Morgan fingerprint density at radius 3 is 2.55 bits per heavy atom. The maximum absolute atomic E-state index is 12.3. The molecule has 0 radical (unpaired) electrons. The van der Waals surface area contributed by atoms with Gasteiger partial charge in [-0.2, -0.15) is 11.8 Å². The minimum absolute atomic E-state index is 0.147. The van der Waals surface area contributed by atoms with Crippen LogP contribution in [0.1, 0.15) is 54.9 Å². The largest absolute Gasteiger partial charge is 0.444 e. The van der Waals surface area contributed by atoms with E-state index in [1.807, 2.05) is 46.4 Å². The maximum Gasteiger partial charge on any atom is 0.410 e. The summed E-state index contributed by atoms with van der Waals surface area (Å²) in [4.78, 5) is 14.1. The summed E-state index contributed by atoms with van der Waals surface area (Å²) in [5, 5.41) is 3.61. The lowest BCUT2D eigenvalue weighted by Gasteiger charge is -2.36. The van der Waals surface area contributed by atoms with Gasteiger partial charge in [-0.1, -0.05) is 13.8 Å². The van der Waals surface area contributed by atoms with Crippen LogP contribution in [0.3, 0.4) is 0 Å². The van der Waals surface area contributed by atoms with Crippen LogP contribution >= 0.6 is 11.8 Å². The first-order valence-electron chi connectivity index (χ1n) is 8.31. The maximum atomic E-state index is 12.3. The van der Waals surface area contributed by atoms with Gasteiger partial charge in [-0.05, 0) is 52.2 Å². The van der Waals surface area contributed by atoms with Gasteiger partial charge >= 0.3 is 6.09 Å². The summed E-state index contributed by atoms with van der Waals surface area (Å²) in [6, 6.07) is 0.690. The number of thioether (sulfide) groups is 1. The van der Waals surface area contributed by atoms with Gasteiger partial charge in [0.25, 0.3) is 0 Å². The number of carbonyl (C=O) groups excluding carboxylic acids is 1. The van der Waals surface area contributed by atoms with Crippen LogP contribution < -0.4 is 5.32 Å². The highest BCUT2D eigenvalue weighted by Gasteiger charge is 2.29. The molecule has 5 heteroatoms. The van der Waals surface area contributed by atoms with E-state index in [4.69, 9.17) is 4.74 Å². The molecule has 1 unspecified atom stereocenters. The van der Waals surface area contributed by atoms with Crippen LogP contribution in [0.5, 0.6) is 0 Å². The third kappa shape index (κ3) is 7.23. The number of rotatable bonds is 5. The lowest BCUT2D eigenvalue weighted by Crippen LogP contribution is -2.47. The summed E-state index contributed by atoms with van der Waals surface area (Å²) < 4.78 is 5.49. The van der Waals surface area contributed by atoms with Crippen LogP contribution in [0.25, 0.3) is 0 Å². The van der Waals surface area contributed by atoms with Crippen molar-refractivity contribution in [2.45, 2.75) is 72.6 Å². The number of ether oxygens (including phenoxy) is 1. The predicted molar refractivity (Wildman–Crippen MR) is 95.6 cm³/mol. The van der Waals surface area contributed by atoms with Crippen LogP contribution in [0.2, 0.25) is 0 Å². The van der Waals surface area contributed by atoms with Crippen molar-refractivity contribution in [3.05, 3.63) is 0 Å². The van der Waals surface area contributed by atoms with Crippen molar-refractivity contribution >= 4 is 17.9 Å². The number of amides is 1. The summed E-state index contributed by atoms with van der Waals surface area (Å²) in [6.45, 7) is 15.9. The third-order valence-electron chi connectivity index (χ3n) is 3.65. The molecule has 1 aliphatic rings. The lowest BCUT2D eigenvalue weighted by atomic mass is 9.88. The molecule has 0 aliphatic carbocycles. The number of hydrogen-bond donors (Lipinski definition) is 1. The zero-order chi connectivity index (χ0) is 17.0. The zero-order valence-corrected chi connectivity index (χ0v) is 16.2. The van der Waals surface area contributed by atoms with Crippen LogP contribution in [0.4, 0.5) is 4.79 Å². The second-order valence-corrected chi connectivity index (χ2v) is 9.33. The molecule has 1 aliphatic heterocycles. The average molecular weight is 331 g/mol. The van der Waals surface area contributed by atoms with E-state index < -0.39 is 5.60 Å². The molecule has 1 saturated heterocycles. The molecule has 1 rings (SSSR count). The molecule has 0 aromatic rings. The molecule has 1 heterocycles. The van der Waals surface area contributed by atoms with Gasteiger partial charge in [0.15, 0.2) is 0 Å². The van der Waals surface area contributed by atoms with Gasteiger partial charge in [0.05, 0.1) is 0 Å². The Labute approximate surface area is 140 Å². The molecule has 22 heavy (non-hydrogen) atoms. The second-order valence-electron chi connectivity index (χ2n) is 8.30. The Balaban J connectivity index is 2.43. The smallest absolute Gasteiger partial charge is 0.410 e. The number of nitrogens with zero attached hydrogens (tertiary/aromatic N) is 1. The quantitative estimate of drug-likeness (QED) is 0.833. The van der Waals surface area contributed by atoms with E-state index in [1.54, 1.807) is 4.90 Å². The summed E-state index contributed by atoms with van der Waals surface area (Å²) in [5.41, 5.74) is -0.0365. The van der Waals surface area contributed by atoms with Gasteiger partial charge in [0, 0.05) is 30.9 Å². The Bertz CT molecular complexity index is 364. The molecule has 4 nitrogen and oxygen atoms in total. The molecule has 130 valence electrons. The van der Waals surface area contributed by atoms with Crippen molar-refractivity contribution in [2.24, 2.45) is 5.41 Å². The minimum Gasteiger partial charge on any atom is -0.444 e. The zero-order valence-electron chi connectivity index (χ0n) is 15.4. The average Bonchev–Trinajstić information content (AvgIpc) is 2.30. The van der Waals surface area contributed by atoms with E-state index in [2.05, 4.69) is 19.2 Å². The Hall–Kier alpha value is -0.420. The highest BCUT2D eigenvalue weighted by atomic mass is 32.2. The lowest BCUT2D eigenvalue weighted by molar-refractivity contribution is 0.0191. The van der Waals surface area contributed by atoms with E-state index >= 15 is 0 Å². The Morgan fingerprint density at radius 2 is 2.05 bits per heavy atom. The monoisotopic (exact) mass is 330 g/mol. The van der Waals surface area contributed by atoms with E-state index in [0.29, 0.717) is 18.0 Å². The fourth-order valence-corrected chi connectivity index (χ4v) is 3.97. The van der Waals surface area contributed by atoms with Crippen molar-refractivity contribution in [3.8, 4) is 0 Å². The normalized spacial score (nSPS) is 21.7. The topological polar surface area (TPSA) is 41.6 Å². The van der Waals surface area contributed by atoms with E-state index in [1.165, 1.54) is 12.2 Å². The molecule has 1 atom stereocenters. The molecule has 1 fully saturated rings. The molecule has 0 saturated carbocycles. The molecule has 0 aromatic heterocycles. The first-order valence-corrected chi connectivity index (χ1v) is 9.46. The standard InChI is InChI=1S/C17H34N2O2S/c1-13(2)19(15(20)21-16(3,4)5)9-8-18-14-10-17(6,7)12-22-11-14/h13-14,18H,8-12H2,1-7H3. The van der Waals surface area contributed by atoms with Gasteiger partial charge in [-0.3, -0.25) is 0 Å². The summed E-state index contributed by atoms with van der Waals surface area (Å²) >= 11 is 2.02. The molecule has 0 bridgehead atoms. The molecular formula is C17H34N2O2S. The summed E-state index contributed by atoms with van der Waals surface area (Å²) in [6.07, 6.45) is 0.983. The van der Waals surface area contributed by atoms with Gasteiger partial charge in [0.2, 0.25) is 0 Å². The van der Waals surface area contributed by atoms with Crippen molar-refractivity contribution in [1.29, 1.82) is 0 Å². The predicted octanol–water partition coefficient (Wildman–Crippen LogP) is 3.75. The van der Waals surface area contributed by atoms with E-state index in [9.17, 15) is 4.79 Å². The fourth-order valence-electron chi connectivity index (χ4n) is 2.66. The van der Waals surface area contributed by atoms with Crippen molar-refractivity contribution < 1.29 is 9.53 Å². The van der Waals surface area contributed by atoms with Crippen LogP contribution in [0, 0.1) is 5.41 Å². The van der Waals surface area contributed by atoms with Crippen LogP contribution in [-0.2, 0) is 4.74 Å². The SMILES string of the molecule is CC(C)N(CCNC1CSCC(C)(C)C1)C(=O)OC(C)(C)C. The number of nitrogens with one attached hydrogen (secondary N) is 1. The number of carbonyl (C=O) groups is 1. The molecular weight excluding hydrogens is 296 g/mol. The van der Waals surface area contributed by atoms with E-state index in [0.717, 1.165) is 12.3 Å². The third-order valence-corrected chi connectivity index (χ3v) is 5.27. The van der Waals surface area contributed by atoms with Gasteiger partial charge in [0.1, 0.15) is 5.60 Å². The van der Waals surface area contributed by atoms with Gasteiger partial charge in [-0.25, -0.2) is 4.79 Å². The molecule has 0 aromatic carbocycles. The van der Waals surface area contributed by atoms with Crippen molar-refractivity contribution in [3.63, 3.8) is 0 Å². The highest BCUT2D eigenvalue weighted by molar-refractivity contribution is 7.99. The van der Waals surface area contributed by atoms with Gasteiger partial charge in [-0.15, -0.1) is 0 Å². The first kappa shape index (κ1) is 19.6. The van der Waals surface area contributed by atoms with Crippen LogP contribution in [-0.4, -0.2) is 53.3 Å². The summed E-state index contributed by atoms with van der Waals surface area (Å²) in [5.74, 6) is 2.40. The van der Waals surface area contributed by atoms with Crippen LogP contribution in [0.15, 0.2) is 0 Å². The molecule has 1 amide bonds. The van der Waals surface area contributed by atoms with Gasteiger partial charge < -0.3 is 15.0 Å². The van der Waals surface area contributed by atoms with Crippen molar-refractivity contribution in [1.82, 2.24) is 10.2 Å². The Morgan fingerprint density at radius 1 is 1.41 bits per heavy atom. The highest BCUT2D eigenvalue weighted by Crippen LogP contribution is 2.33.